The summed E-state index contributed by atoms with van der Waals surface area (Å²) < 4.78 is 7.07. The highest BCUT2D eigenvalue weighted by Crippen LogP contribution is 2.38. The van der Waals surface area contributed by atoms with Crippen molar-refractivity contribution in [1.82, 2.24) is 14.8 Å². The maximum Gasteiger partial charge on any atom is 0.341 e. The number of hydrogen-bond donors (Lipinski definition) is 1. The average molecular weight is 542 g/mol. The molecule has 2 heterocycles. The standard InChI is InChI=1S/C27H35N5O3S2/c1-5-31(6-2)19-15-13-18(14-16-19)24-29-30-27(32(24)7-3)36-17-22(33)28-25-23(26(34)35-4)20-11-9-8-10-12-21(20)37-25/h13-16H,5-12,17H2,1-4H3,(H,28,33). The number of esters is 1. The largest absolute Gasteiger partial charge is 0.465 e. The highest BCUT2D eigenvalue weighted by Gasteiger charge is 2.26. The fraction of sp³-hybridized carbons (Fsp3) is 0.481. The highest BCUT2D eigenvalue weighted by molar-refractivity contribution is 7.99. The van der Waals surface area contributed by atoms with Crippen LogP contribution in [-0.4, -0.2) is 52.6 Å². The van der Waals surface area contributed by atoms with Crippen LogP contribution in [0.25, 0.3) is 11.4 Å². The van der Waals surface area contributed by atoms with E-state index in [1.54, 1.807) is 0 Å². The Bertz CT molecular complexity index is 1230. The number of methoxy groups -OCH3 is 1. The Balaban J connectivity index is 1.46. The molecule has 1 aliphatic rings. The molecule has 37 heavy (non-hydrogen) atoms. The number of hydrogen-bond acceptors (Lipinski definition) is 8. The van der Waals surface area contributed by atoms with E-state index >= 15 is 0 Å². The Hall–Kier alpha value is -2.85. The molecule has 0 aliphatic heterocycles. The lowest BCUT2D eigenvalue weighted by atomic mass is 10.1. The van der Waals surface area contributed by atoms with Crippen LogP contribution >= 0.6 is 23.1 Å². The van der Waals surface area contributed by atoms with Crippen LogP contribution in [0.3, 0.4) is 0 Å². The predicted molar refractivity (Wildman–Crippen MR) is 151 cm³/mol. The third-order valence-corrected chi connectivity index (χ3v) is 8.86. The molecule has 0 atom stereocenters. The van der Waals surface area contributed by atoms with Crippen molar-refractivity contribution in [2.45, 2.75) is 64.6 Å². The number of nitrogens with one attached hydrogen (secondary N) is 1. The normalized spacial score (nSPS) is 13.1. The number of carbonyl (C=O) groups excluding carboxylic acids is 2. The number of thiophene rings is 1. The molecular weight excluding hydrogens is 506 g/mol. The monoisotopic (exact) mass is 541 g/mol. The maximum atomic E-state index is 12.9. The number of anilines is 2. The van der Waals surface area contributed by atoms with Crippen LogP contribution in [0.15, 0.2) is 29.4 Å². The number of rotatable bonds is 10. The number of amides is 1. The number of carbonyl (C=O) groups is 2. The van der Waals surface area contributed by atoms with Gasteiger partial charge in [0, 0.05) is 35.8 Å². The molecule has 0 spiro atoms. The zero-order chi connectivity index (χ0) is 26.4. The van der Waals surface area contributed by atoms with Gasteiger partial charge in [-0.1, -0.05) is 18.2 Å². The van der Waals surface area contributed by atoms with Gasteiger partial charge in [0.15, 0.2) is 11.0 Å². The maximum absolute atomic E-state index is 12.9. The van der Waals surface area contributed by atoms with Crippen molar-refractivity contribution in [3.8, 4) is 11.4 Å². The molecule has 0 saturated carbocycles. The van der Waals surface area contributed by atoms with Crippen LogP contribution in [-0.2, 0) is 28.9 Å². The lowest BCUT2D eigenvalue weighted by Gasteiger charge is -2.21. The number of aryl methyl sites for hydroxylation is 1. The van der Waals surface area contributed by atoms with E-state index in [1.807, 2.05) is 11.5 Å². The second kappa shape index (κ2) is 12.6. The van der Waals surface area contributed by atoms with E-state index in [4.69, 9.17) is 4.74 Å². The van der Waals surface area contributed by atoms with Gasteiger partial charge in [-0.15, -0.1) is 21.5 Å². The van der Waals surface area contributed by atoms with Crippen molar-refractivity contribution >= 4 is 45.7 Å². The summed E-state index contributed by atoms with van der Waals surface area (Å²) in [6.07, 6.45) is 5.08. The molecule has 2 aromatic heterocycles. The molecule has 4 rings (SSSR count). The van der Waals surface area contributed by atoms with Gasteiger partial charge in [-0.3, -0.25) is 4.79 Å². The third-order valence-electron chi connectivity index (χ3n) is 6.68. The number of nitrogens with zero attached hydrogens (tertiary/aromatic N) is 4. The van der Waals surface area contributed by atoms with Crippen LogP contribution in [0.5, 0.6) is 0 Å². The molecule has 1 N–H and O–H groups in total. The summed E-state index contributed by atoms with van der Waals surface area (Å²) in [7, 11) is 1.39. The van der Waals surface area contributed by atoms with Gasteiger partial charge in [0.2, 0.25) is 5.91 Å². The Morgan fingerprint density at radius 3 is 2.49 bits per heavy atom. The lowest BCUT2D eigenvalue weighted by Crippen LogP contribution is -2.21. The Morgan fingerprint density at radius 2 is 1.81 bits per heavy atom. The smallest absolute Gasteiger partial charge is 0.341 e. The van der Waals surface area contributed by atoms with E-state index < -0.39 is 0 Å². The van der Waals surface area contributed by atoms with Crippen LogP contribution in [0.2, 0.25) is 0 Å². The minimum absolute atomic E-state index is 0.169. The molecule has 0 bridgehead atoms. The predicted octanol–water partition coefficient (Wildman–Crippen LogP) is 5.66. The van der Waals surface area contributed by atoms with Crippen molar-refractivity contribution in [3.63, 3.8) is 0 Å². The number of fused-ring (bicyclic) bond motifs is 1. The van der Waals surface area contributed by atoms with E-state index in [0.29, 0.717) is 22.3 Å². The summed E-state index contributed by atoms with van der Waals surface area (Å²) in [6, 6.07) is 8.36. The number of aromatic nitrogens is 3. The first-order valence-corrected chi connectivity index (χ1v) is 14.7. The molecule has 1 aliphatic carbocycles. The molecule has 0 radical (unpaired) electrons. The van der Waals surface area contributed by atoms with Gasteiger partial charge in [0.05, 0.1) is 18.4 Å². The van der Waals surface area contributed by atoms with Crippen LogP contribution in [0.4, 0.5) is 10.7 Å². The first kappa shape index (κ1) is 27.2. The number of benzene rings is 1. The van der Waals surface area contributed by atoms with Crippen molar-refractivity contribution in [3.05, 3.63) is 40.3 Å². The number of ether oxygens (including phenoxy) is 1. The van der Waals surface area contributed by atoms with Gasteiger partial charge < -0.3 is 19.5 Å². The molecule has 0 saturated heterocycles. The van der Waals surface area contributed by atoms with Gasteiger partial charge in [-0.2, -0.15) is 0 Å². The summed E-state index contributed by atoms with van der Waals surface area (Å²) in [5.74, 6) is 0.390. The molecule has 8 nitrogen and oxygen atoms in total. The Kier molecular flexibility index (Phi) is 9.26. The van der Waals surface area contributed by atoms with Gasteiger partial charge in [0.25, 0.3) is 0 Å². The fourth-order valence-corrected chi connectivity index (χ4v) is 6.84. The molecule has 0 fully saturated rings. The zero-order valence-electron chi connectivity index (χ0n) is 22.0. The van der Waals surface area contributed by atoms with E-state index in [2.05, 4.69) is 58.5 Å². The third kappa shape index (κ3) is 6.01. The summed E-state index contributed by atoms with van der Waals surface area (Å²) >= 11 is 2.85. The topological polar surface area (TPSA) is 89.3 Å². The summed E-state index contributed by atoms with van der Waals surface area (Å²) in [5.41, 5.74) is 3.73. The zero-order valence-corrected chi connectivity index (χ0v) is 23.6. The molecule has 1 amide bonds. The van der Waals surface area contributed by atoms with Gasteiger partial charge in [-0.25, -0.2) is 4.79 Å². The molecule has 0 unspecified atom stereocenters. The van der Waals surface area contributed by atoms with E-state index in [0.717, 1.165) is 62.1 Å². The van der Waals surface area contributed by atoms with E-state index in [-0.39, 0.29) is 17.6 Å². The van der Waals surface area contributed by atoms with Crippen LogP contribution in [0, 0.1) is 0 Å². The van der Waals surface area contributed by atoms with Crippen molar-refractivity contribution in [2.24, 2.45) is 0 Å². The quantitative estimate of drug-likeness (QED) is 0.201. The molecule has 10 heteroatoms. The van der Waals surface area contributed by atoms with E-state index in [9.17, 15) is 9.59 Å². The van der Waals surface area contributed by atoms with Gasteiger partial charge in [0.1, 0.15) is 5.00 Å². The molecule has 3 aromatic rings. The summed E-state index contributed by atoms with van der Waals surface area (Å²) in [5, 5.41) is 13.0. The average Bonchev–Trinajstić information content (AvgIpc) is 3.40. The minimum atomic E-state index is -0.385. The van der Waals surface area contributed by atoms with E-state index in [1.165, 1.54) is 40.8 Å². The first-order valence-electron chi connectivity index (χ1n) is 12.9. The summed E-state index contributed by atoms with van der Waals surface area (Å²) in [6.45, 7) is 8.94. The molecule has 1 aromatic carbocycles. The van der Waals surface area contributed by atoms with Gasteiger partial charge in [-0.05, 0) is 76.3 Å². The summed E-state index contributed by atoms with van der Waals surface area (Å²) in [4.78, 5) is 29.0. The SMILES string of the molecule is CCN(CC)c1ccc(-c2nnc(SCC(=O)Nc3sc4c(c3C(=O)OC)CCCCC4)n2CC)cc1. The minimum Gasteiger partial charge on any atom is -0.465 e. The van der Waals surface area contributed by atoms with Crippen molar-refractivity contribution < 1.29 is 14.3 Å². The Morgan fingerprint density at radius 1 is 1.08 bits per heavy atom. The first-order chi connectivity index (χ1) is 18.0. The van der Waals surface area contributed by atoms with Crippen LogP contribution < -0.4 is 10.2 Å². The molecular formula is C27H35N5O3S2. The fourth-order valence-electron chi connectivity index (χ4n) is 4.75. The van der Waals surface area contributed by atoms with Crippen molar-refractivity contribution in [2.75, 3.05) is 36.2 Å². The van der Waals surface area contributed by atoms with Gasteiger partial charge >= 0.3 is 5.97 Å². The van der Waals surface area contributed by atoms with Crippen LogP contribution in [0.1, 0.15) is 60.8 Å². The Labute approximate surface area is 226 Å². The molecule has 198 valence electrons. The second-order valence-electron chi connectivity index (χ2n) is 8.87. The second-order valence-corrected chi connectivity index (χ2v) is 10.9. The lowest BCUT2D eigenvalue weighted by molar-refractivity contribution is -0.113. The van der Waals surface area contributed by atoms with Crippen molar-refractivity contribution in [1.29, 1.82) is 0 Å². The highest BCUT2D eigenvalue weighted by atomic mass is 32.2. The number of thioether (sulfide) groups is 1.